The highest BCUT2D eigenvalue weighted by atomic mass is 16.2. The second kappa shape index (κ2) is 13.6. The number of hydrogen-bond donors (Lipinski definition) is 2. The molecular weight excluding hydrogens is 578 g/mol. The second-order valence-corrected chi connectivity index (χ2v) is 11.9. The van der Waals surface area contributed by atoms with E-state index in [0.29, 0.717) is 21.9 Å². The molecule has 2 aliphatic rings. The van der Waals surface area contributed by atoms with Crippen molar-refractivity contribution < 1.29 is 19.2 Å². The van der Waals surface area contributed by atoms with E-state index >= 15 is 0 Å². The Morgan fingerprint density at radius 1 is 0.556 bits per heavy atom. The summed E-state index contributed by atoms with van der Waals surface area (Å²) < 4.78 is 0.781. The zero-order chi connectivity index (χ0) is 32.2. The molecule has 5 rings (SSSR count). The van der Waals surface area contributed by atoms with Gasteiger partial charge in [0.2, 0.25) is 0 Å². The molecule has 0 saturated heterocycles. The molecule has 0 bridgehead atoms. The van der Waals surface area contributed by atoms with Crippen LogP contribution in [0.2, 0.25) is 0 Å². The Morgan fingerprint density at radius 3 is 1.44 bits per heavy atom. The van der Waals surface area contributed by atoms with Crippen LogP contribution in [0, 0.1) is 0 Å². The molecule has 3 aromatic rings. The average molecular weight is 618 g/mol. The van der Waals surface area contributed by atoms with E-state index in [9.17, 15) is 33.6 Å². The van der Waals surface area contributed by atoms with Crippen LogP contribution in [0.5, 0.6) is 0 Å². The molecule has 0 saturated carbocycles. The summed E-state index contributed by atoms with van der Waals surface area (Å²) in [4.78, 5) is 96.9. The summed E-state index contributed by atoms with van der Waals surface area (Å²) in [6.45, 7) is 4.04. The van der Waals surface area contributed by atoms with Crippen LogP contribution in [0.4, 0.5) is 0 Å². The van der Waals surface area contributed by atoms with Gasteiger partial charge in [0.1, 0.15) is 0 Å². The standard InChI is InChI=1S/C33H39N5O7/c1-3-5-7-9-12-20(13-10-8-6-4-2)38-29(41)23-16-14-21-25-22(15-17-24(26(23)25)30(38)42)28(40)36(27(21)39)18-11-19-37-32(44)34-31(43)35-33(37)45/h14-17,20H,3-13,18-19H2,1-2H3,(H2,34,35,43,44,45). The highest BCUT2D eigenvalue weighted by Crippen LogP contribution is 2.39. The van der Waals surface area contributed by atoms with Crippen LogP contribution in [-0.2, 0) is 6.54 Å². The number of aromatic amines is 2. The maximum absolute atomic E-state index is 14.0. The number of nitrogens with one attached hydrogen (secondary N) is 2. The van der Waals surface area contributed by atoms with E-state index in [2.05, 4.69) is 13.8 Å². The Balaban J connectivity index is 1.42. The minimum atomic E-state index is -0.922. The summed E-state index contributed by atoms with van der Waals surface area (Å²) in [5, 5.41) is 0.632. The van der Waals surface area contributed by atoms with Crippen LogP contribution in [0.3, 0.4) is 0 Å². The zero-order valence-electron chi connectivity index (χ0n) is 25.8. The number of unbranched alkanes of at least 4 members (excludes halogenated alkanes) is 6. The van der Waals surface area contributed by atoms with Crippen LogP contribution >= 0.6 is 0 Å². The summed E-state index contributed by atoms with van der Waals surface area (Å²) in [6.07, 6.45) is 9.85. The van der Waals surface area contributed by atoms with Gasteiger partial charge in [0.25, 0.3) is 23.6 Å². The van der Waals surface area contributed by atoms with Crippen LogP contribution < -0.4 is 17.1 Å². The maximum atomic E-state index is 14.0. The number of aromatic nitrogens is 3. The number of benzene rings is 2. The van der Waals surface area contributed by atoms with Crippen molar-refractivity contribution in [2.75, 3.05) is 6.54 Å². The smallest absolute Gasteiger partial charge is 0.274 e. The fourth-order valence-corrected chi connectivity index (χ4v) is 6.54. The monoisotopic (exact) mass is 617 g/mol. The Hall–Kier alpha value is -4.61. The maximum Gasteiger partial charge on any atom is 0.333 e. The predicted molar refractivity (Wildman–Crippen MR) is 168 cm³/mol. The number of hydrogen-bond acceptors (Lipinski definition) is 7. The number of carbonyl (C=O) groups is 4. The van der Waals surface area contributed by atoms with Gasteiger partial charge in [-0.1, -0.05) is 65.2 Å². The molecule has 4 amide bonds. The van der Waals surface area contributed by atoms with Gasteiger partial charge in [-0.15, -0.1) is 0 Å². The molecule has 0 atom stereocenters. The van der Waals surface area contributed by atoms with Crippen molar-refractivity contribution in [1.29, 1.82) is 0 Å². The Bertz CT molecular complexity index is 1720. The van der Waals surface area contributed by atoms with Crippen LogP contribution in [-0.4, -0.2) is 60.6 Å². The van der Waals surface area contributed by atoms with Crippen molar-refractivity contribution in [3.8, 4) is 0 Å². The summed E-state index contributed by atoms with van der Waals surface area (Å²) in [6, 6.07) is 5.99. The van der Waals surface area contributed by atoms with E-state index in [0.717, 1.165) is 73.7 Å². The van der Waals surface area contributed by atoms with Gasteiger partial charge in [0.05, 0.1) is 0 Å². The quantitative estimate of drug-likeness (QED) is 0.193. The molecule has 0 spiro atoms. The summed E-state index contributed by atoms with van der Waals surface area (Å²) >= 11 is 0. The topological polar surface area (TPSA) is 162 Å². The molecule has 0 aliphatic carbocycles. The molecule has 0 radical (unpaired) electrons. The molecule has 12 heteroatoms. The van der Waals surface area contributed by atoms with E-state index in [4.69, 9.17) is 0 Å². The van der Waals surface area contributed by atoms with E-state index in [1.165, 1.54) is 17.0 Å². The largest absolute Gasteiger partial charge is 0.333 e. The first-order valence-electron chi connectivity index (χ1n) is 16.0. The van der Waals surface area contributed by atoms with E-state index < -0.39 is 40.7 Å². The molecule has 2 aliphatic heterocycles. The molecule has 0 unspecified atom stereocenters. The third kappa shape index (κ3) is 6.05. The van der Waals surface area contributed by atoms with Gasteiger partial charge >= 0.3 is 17.1 Å². The first kappa shape index (κ1) is 31.8. The van der Waals surface area contributed by atoms with Gasteiger partial charge in [-0.05, 0) is 43.5 Å². The summed E-state index contributed by atoms with van der Waals surface area (Å²) in [7, 11) is 0. The highest BCUT2D eigenvalue weighted by molar-refractivity contribution is 6.33. The number of rotatable bonds is 15. The minimum absolute atomic E-state index is 0.0744. The lowest BCUT2D eigenvalue weighted by atomic mass is 9.85. The lowest BCUT2D eigenvalue weighted by Gasteiger charge is -2.36. The van der Waals surface area contributed by atoms with Gasteiger partial charge < -0.3 is 0 Å². The normalized spacial score (nSPS) is 14.4. The van der Waals surface area contributed by atoms with Crippen LogP contribution in [0.15, 0.2) is 38.6 Å². The summed E-state index contributed by atoms with van der Waals surface area (Å²) in [5.41, 5.74) is -1.68. The van der Waals surface area contributed by atoms with E-state index in [-0.39, 0.29) is 36.7 Å². The molecule has 2 N–H and O–H groups in total. The molecule has 3 heterocycles. The van der Waals surface area contributed by atoms with Gasteiger partial charge in [0.15, 0.2) is 0 Å². The molecule has 45 heavy (non-hydrogen) atoms. The molecule has 1 aromatic heterocycles. The molecule has 2 aromatic carbocycles. The van der Waals surface area contributed by atoms with Crippen molar-refractivity contribution in [2.24, 2.45) is 0 Å². The molecule has 12 nitrogen and oxygen atoms in total. The SMILES string of the molecule is CCCCCCC(CCCCCC)N1C(=O)c2ccc3c4c(ccc(c24)C1=O)C(=O)N(CCCn1c(=O)[nH]c(=O)[nH]c1=O)C3=O. The minimum Gasteiger partial charge on any atom is -0.274 e. The third-order valence-electron chi connectivity index (χ3n) is 8.85. The van der Waals surface area contributed by atoms with Crippen molar-refractivity contribution in [3.05, 3.63) is 78.0 Å². The first-order valence-corrected chi connectivity index (χ1v) is 16.0. The third-order valence-corrected chi connectivity index (χ3v) is 8.85. The van der Waals surface area contributed by atoms with E-state index in [1.807, 2.05) is 9.97 Å². The molecule has 0 fully saturated rings. The Labute approximate surface area is 259 Å². The number of amides is 4. The van der Waals surface area contributed by atoms with E-state index in [1.54, 1.807) is 12.1 Å². The first-order chi connectivity index (χ1) is 21.7. The van der Waals surface area contributed by atoms with Crippen molar-refractivity contribution in [3.63, 3.8) is 0 Å². The van der Waals surface area contributed by atoms with Gasteiger partial charge in [0, 0.05) is 52.2 Å². The molecule has 238 valence electrons. The van der Waals surface area contributed by atoms with Crippen molar-refractivity contribution in [2.45, 2.75) is 97.1 Å². The van der Waals surface area contributed by atoms with Crippen molar-refractivity contribution >= 4 is 34.4 Å². The Morgan fingerprint density at radius 2 is 1.00 bits per heavy atom. The number of H-pyrrole nitrogens is 2. The lowest BCUT2D eigenvalue weighted by Crippen LogP contribution is -2.48. The number of carbonyl (C=O) groups excluding carboxylic acids is 4. The van der Waals surface area contributed by atoms with Gasteiger partial charge in [-0.3, -0.25) is 38.9 Å². The van der Waals surface area contributed by atoms with Crippen molar-refractivity contribution in [1.82, 2.24) is 24.3 Å². The number of nitrogens with zero attached hydrogens (tertiary/aromatic N) is 3. The Kier molecular flexibility index (Phi) is 9.60. The summed E-state index contributed by atoms with van der Waals surface area (Å²) in [5.74, 6) is -1.98. The fourth-order valence-electron chi connectivity index (χ4n) is 6.54. The second-order valence-electron chi connectivity index (χ2n) is 11.9. The zero-order valence-corrected chi connectivity index (χ0v) is 25.8. The predicted octanol–water partition coefficient (Wildman–Crippen LogP) is 3.97. The fraction of sp³-hybridized carbons (Fsp3) is 0.485. The molecular formula is C33H39N5O7. The average Bonchev–Trinajstić information content (AvgIpc) is 3.01. The van der Waals surface area contributed by atoms with Gasteiger partial charge in [-0.2, -0.15) is 0 Å². The van der Waals surface area contributed by atoms with Gasteiger partial charge in [-0.25, -0.2) is 19.0 Å². The lowest BCUT2D eigenvalue weighted by molar-refractivity contribution is 0.0512. The number of imide groups is 2. The van der Waals surface area contributed by atoms with Crippen LogP contribution in [0.25, 0.3) is 10.8 Å². The highest BCUT2D eigenvalue weighted by Gasteiger charge is 2.41. The van der Waals surface area contributed by atoms with Crippen LogP contribution in [0.1, 0.15) is 126 Å².